The number of nitrogens with one attached hydrogen (secondary N) is 1. The number of sulfonamides is 1. The molecule has 0 bridgehead atoms. The molecule has 2 aliphatic rings. The van der Waals surface area contributed by atoms with Crippen molar-refractivity contribution in [1.29, 1.82) is 0 Å². The molecule has 2 fully saturated rings. The number of carbonyl (C=O) groups excluding carboxylic acids is 1. The molecule has 0 radical (unpaired) electrons. The normalized spacial score (nSPS) is 21.5. The summed E-state index contributed by atoms with van der Waals surface area (Å²) in [7, 11) is -2.58. The van der Waals surface area contributed by atoms with Crippen LogP contribution in [0.25, 0.3) is 0 Å². The van der Waals surface area contributed by atoms with Crippen LogP contribution >= 0.6 is 0 Å². The van der Waals surface area contributed by atoms with Crippen LogP contribution < -0.4 is 5.32 Å². The number of rotatable bonds is 6. The summed E-state index contributed by atoms with van der Waals surface area (Å²) in [5.74, 6) is -0.429. The standard InChI is InChI=1S/C16H23N3O6S/c1-23-16(20)12-9-14(26(21,22)19-4-7-24-8-5-19)15(17-10-12)18-11-13-3-2-6-25-13/h9-10,13H,2-8,11H2,1H3,(H,17,18). The third kappa shape index (κ3) is 4.14. The van der Waals surface area contributed by atoms with Gasteiger partial charge in [-0.2, -0.15) is 4.31 Å². The summed E-state index contributed by atoms with van der Waals surface area (Å²) in [5, 5.41) is 3.06. The Morgan fingerprint density at radius 3 is 2.81 bits per heavy atom. The molecule has 144 valence electrons. The molecule has 0 spiro atoms. The van der Waals surface area contributed by atoms with Gasteiger partial charge in [0.25, 0.3) is 0 Å². The van der Waals surface area contributed by atoms with Gasteiger partial charge in [0.15, 0.2) is 0 Å². The van der Waals surface area contributed by atoms with Gasteiger partial charge < -0.3 is 19.5 Å². The number of pyridine rings is 1. The van der Waals surface area contributed by atoms with Crippen molar-refractivity contribution in [3.63, 3.8) is 0 Å². The number of esters is 1. The van der Waals surface area contributed by atoms with E-state index in [4.69, 9.17) is 9.47 Å². The molecule has 0 saturated carbocycles. The fraction of sp³-hybridized carbons (Fsp3) is 0.625. The third-order valence-electron chi connectivity index (χ3n) is 4.38. The first-order valence-corrected chi connectivity index (χ1v) is 9.98. The van der Waals surface area contributed by atoms with Crippen molar-refractivity contribution in [2.45, 2.75) is 23.8 Å². The van der Waals surface area contributed by atoms with Crippen LogP contribution in [0.5, 0.6) is 0 Å². The first-order valence-electron chi connectivity index (χ1n) is 8.54. The van der Waals surface area contributed by atoms with Crippen molar-refractivity contribution in [1.82, 2.24) is 9.29 Å². The van der Waals surface area contributed by atoms with E-state index in [1.807, 2.05) is 0 Å². The Hall–Kier alpha value is -1.75. The van der Waals surface area contributed by atoms with E-state index in [1.165, 1.54) is 23.7 Å². The quantitative estimate of drug-likeness (QED) is 0.705. The SMILES string of the molecule is COC(=O)c1cnc(NCC2CCCO2)c(S(=O)(=O)N2CCOCC2)c1. The van der Waals surface area contributed by atoms with Gasteiger partial charge in [0, 0.05) is 32.4 Å². The Balaban J connectivity index is 1.90. The van der Waals surface area contributed by atoms with E-state index < -0.39 is 16.0 Å². The smallest absolute Gasteiger partial charge is 0.339 e. The molecule has 1 aromatic heterocycles. The lowest BCUT2D eigenvalue weighted by Crippen LogP contribution is -2.41. The summed E-state index contributed by atoms with van der Waals surface area (Å²) in [5.41, 5.74) is 0.0852. The first-order chi connectivity index (χ1) is 12.5. The van der Waals surface area contributed by atoms with Crippen LogP contribution in [0.1, 0.15) is 23.2 Å². The Labute approximate surface area is 152 Å². The molecule has 1 atom stereocenters. The van der Waals surface area contributed by atoms with Crippen LogP contribution in [0.4, 0.5) is 5.82 Å². The van der Waals surface area contributed by atoms with Gasteiger partial charge in [0.05, 0.1) is 32.0 Å². The monoisotopic (exact) mass is 385 g/mol. The van der Waals surface area contributed by atoms with E-state index in [1.54, 1.807) is 0 Å². The van der Waals surface area contributed by atoms with E-state index in [9.17, 15) is 13.2 Å². The number of anilines is 1. The van der Waals surface area contributed by atoms with Crippen LogP contribution in [0.15, 0.2) is 17.2 Å². The molecule has 26 heavy (non-hydrogen) atoms. The molecule has 0 aliphatic carbocycles. The summed E-state index contributed by atoms with van der Waals surface area (Å²) >= 11 is 0. The number of methoxy groups -OCH3 is 1. The number of nitrogens with zero attached hydrogens (tertiary/aromatic N) is 2. The van der Waals surface area contributed by atoms with Crippen LogP contribution in [-0.4, -0.2) is 76.3 Å². The van der Waals surface area contributed by atoms with E-state index in [0.717, 1.165) is 12.8 Å². The molecular formula is C16H23N3O6S. The maximum absolute atomic E-state index is 13.1. The molecule has 2 saturated heterocycles. The van der Waals surface area contributed by atoms with Crippen LogP contribution in [-0.2, 0) is 24.2 Å². The molecule has 0 amide bonds. The van der Waals surface area contributed by atoms with Gasteiger partial charge in [-0.25, -0.2) is 18.2 Å². The van der Waals surface area contributed by atoms with Crippen molar-refractivity contribution in [2.75, 3.05) is 51.9 Å². The highest BCUT2D eigenvalue weighted by atomic mass is 32.2. The highest BCUT2D eigenvalue weighted by Crippen LogP contribution is 2.25. The van der Waals surface area contributed by atoms with Crippen molar-refractivity contribution in [3.05, 3.63) is 17.8 Å². The van der Waals surface area contributed by atoms with Gasteiger partial charge in [-0.1, -0.05) is 0 Å². The number of ether oxygens (including phenoxy) is 3. The summed E-state index contributed by atoms with van der Waals surface area (Å²) in [6.45, 7) is 2.35. The summed E-state index contributed by atoms with van der Waals surface area (Å²) < 4.78 is 43.0. The summed E-state index contributed by atoms with van der Waals surface area (Å²) in [6.07, 6.45) is 3.23. The van der Waals surface area contributed by atoms with Gasteiger partial charge in [0.2, 0.25) is 10.0 Å². The fourth-order valence-electron chi connectivity index (χ4n) is 2.95. The van der Waals surface area contributed by atoms with Crippen LogP contribution in [0.3, 0.4) is 0 Å². The minimum Gasteiger partial charge on any atom is -0.465 e. The van der Waals surface area contributed by atoms with Gasteiger partial charge in [0.1, 0.15) is 10.7 Å². The molecular weight excluding hydrogens is 362 g/mol. The lowest BCUT2D eigenvalue weighted by atomic mass is 10.2. The second kappa shape index (κ2) is 8.30. The average molecular weight is 385 g/mol. The third-order valence-corrected chi connectivity index (χ3v) is 6.29. The summed E-state index contributed by atoms with van der Waals surface area (Å²) in [4.78, 5) is 15.9. The Kier molecular flexibility index (Phi) is 6.07. The highest BCUT2D eigenvalue weighted by molar-refractivity contribution is 7.89. The molecule has 2 aliphatic heterocycles. The molecule has 9 nitrogen and oxygen atoms in total. The predicted molar refractivity (Wildman–Crippen MR) is 92.6 cm³/mol. The minimum atomic E-state index is -3.82. The molecule has 3 rings (SSSR count). The molecule has 1 N–H and O–H groups in total. The first kappa shape index (κ1) is 19.0. The largest absolute Gasteiger partial charge is 0.465 e. The van der Waals surface area contributed by atoms with Crippen molar-refractivity contribution >= 4 is 21.8 Å². The summed E-state index contributed by atoms with van der Waals surface area (Å²) in [6, 6.07) is 1.31. The zero-order valence-corrected chi connectivity index (χ0v) is 15.5. The number of hydrogen-bond donors (Lipinski definition) is 1. The lowest BCUT2D eigenvalue weighted by molar-refractivity contribution is 0.0599. The fourth-order valence-corrected chi connectivity index (χ4v) is 4.50. The van der Waals surface area contributed by atoms with Gasteiger partial charge >= 0.3 is 5.97 Å². The van der Waals surface area contributed by atoms with Crippen molar-refractivity contribution in [2.24, 2.45) is 0 Å². The predicted octanol–water partition coefficient (Wildman–Crippen LogP) is 0.480. The van der Waals surface area contributed by atoms with Gasteiger partial charge in [-0.15, -0.1) is 0 Å². The topological polar surface area (TPSA) is 107 Å². The Morgan fingerprint density at radius 2 is 2.15 bits per heavy atom. The van der Waals surface area contributed by atoms with Crippen molar-refractivity contribution in [3.8, 4) is 0 Å². The molecule has 3 heterocycles. The van der Waals surface area contributed by atoms with E-state index in [0.29, 0.717) is 26.4 Å². The maximum Gasteiger partial charge on any atom is 0.339 e. The number of hydrogen-bond acceptors (Lipinski definition) is 8. The molecule has 0 aromatic carbocycles. The molecule has 1 unspecified atom stereocenters. The van der Waals surface area contributed by atoms with E-state index in [-0.39, 0.29) is 35.5 Å². The van der Waals surface area contributed by atoms with Crippen LogP contribution in [0, 0.1) is 0 Å². The van der Waals surface area contributed by atoms with Gasteiger partial charge in [-0.05, 0) is 18.9 Å². The Bertz CT molecular complexity index is 742. The maximum atomic E-state index is 13.1. The number of morpholine rings is 1. The number of aromatic nitrogens is 1. The second-order valence-electron chi connectivity index (χ2n) is 6.09. The lowest BCUT2D eigenvalue weighted by Gasteiger charge is -2.27. The second-order valence-corrected chi connectivity index (χ2v) is 8.00. The van der Waals surface area contributed by atoms with E-state index in [2.05, 4.69) is 15.0 Å². The Morgan fingerprint density at radius 1 is 1.38 bits per heavy atom. The van der Waals surface area contributed by atoms with Crippen LogP contribution in [0.2, 0.25) is 0 Å². The average Bonchev–Trinajstić information content (AvgIpc) is 3.20. The minimum absolute atomic E-state index is 0.0241. The van der Waals surface area contributed by atoms with Gasteiger partial charge in [-0.3, -0.25) is 0 Å². The zero-order valence-electron chi connectivity index (χ0n) is 14.6. The molecule has 10 heteroatoms. The highest BCUT2D eigenvalue weighted by Gasteiger charge is 2.31. The molecule has 1 aromatic rings. The van der Waals surface area contributed by atoms with E-state index >= 15 is 0 Å². The van der Waals surface area contributed by atoms with Crippen molar-refractivity contribution < 1.29 is 27.4 Å². The zero-order chi connectivity index (χ0) is 18.6. The number of carbonyl (C=O) groups is 1.